The summed E-state index contributed by atoms with van der Waals surface area (Å²) in [4.78, 5) is 18.0. The Kier molecular flexibility index (Phi) is 4.84. The van der Waals surface area contributed by atoms with Crippen molar-refractivity contribution < 1.29 is 9.53 Å². The first-order valence-corrected chi connectivity index (χ1v) is 6.24. The number of nitrogens with one attached hydrogen (secondary N) is 1. The highest BCUT2D eigenvalue weighted by Gasteiger charge is 2.11. The predicted octanol–water partition coefficient (Wildman–Crippen LogP) is 0.0153. The first-order chi connectivity index (χ1) is 9.29. The van der Waals surface area contributed by atoms with E-state index in [1.807, 2.05) is 6.07 Å². The van der Waals surface area contributed by atoms with Crippen molar-refractivity contribution in [1.82, 2.24) is 15.2 Å². The number of aromatic nitrogens is 1. The number of hydrogen-bond acceptors (Lipinski definition) is 5. The van der Waals surface area contributed by atoms with Crippen molar-refractivity contribution in [2.75, 3.05) is 39.4 Å². The molecule has 1 aliphatic rings. The molecule has 1 aromatic rings. The first kappa shape index (κ1) is 13.5. The monoisotopic (exact) mass is 260 g/mol. The maximum Gasteiger partial charge on any atom is 0.269 e. The quantitative estimate of drug-likeness (QED) is 0.825. The number of rotatable bonds is 4. The predicted molar refractivity (Wildman–Crippen MR) is 68.5 cm³/mol. The van der Waals surface area contributed by atoms with Crippen molar-refractivity contribution in [1.29, 1.82) is 5.26 Å². The lowest BCUT2D eigenvalue weighted by atomic mass is 10.2. The minimum absolute atomic E-state index is 0.245. The zero-order valence-corrected chi connectivity index (χ0v) is 10.6. The van der Waals surface area contributed by atoms with Crippen LogP contribution in [0, 0.1) is 11.3 Å². The van der Waals surface area contributed by atoms with Gasteiger partial charge in [-0.1, -0.05) is 0 Å². The second kappa shape index (κ2) is 6.83. The van der Waals surface area contributed by atoms with Crippen molar-refractivity contribution in [3.8, 4) is 6.07 Å². The van der Waals surface area contributed by atoms with Gasteiger partial charge < -0.3 is 10.1 Å². The molecule has 6 heteroatoms. The maximum atomic E-state index is 11.8. The van der Waals surface area contributed by atoms with E-state index in [9.17, 15) is 4.79 Å². The Morgan fingerprint density at radius 1 is 1.53 bits per heavy atom. The third kappa shape index (κ3) is 4.02. The topological polar surface area (TPSA) is 78.2 Å². The second-order valence-corrected chi connectivity index (χ2v) is 4.25. The van der Waals surface area contributed by atoms with Crippen molar-refractivity contribution in [3.05, 3.63) is 29.6 Å². The summed E-state index contributed by atoms with van der Waals surface area (Å²) in [5, 5.41) is 11.6. The largest absolute Gasteiger partial charge is 0.379 e. The summed E-state index contributed by atoms with van der Waals surface area (Å²) in [7, 11) is 0. The Bertz CT molecular complexity index is 478. The smallest absolute Gasteiger partial charge is 0.269 e. The highest BCUT2D eigenvalue weighted by atomic mass is 16.5. The highest BCUT2D eigenvalue weighted by Crippen LogP contribution is 2.00. The molecule has 2 heterocycles. The molecule has 0 aliphatic carbocycles. The molecule has 19 heavy (non-hydrogen) atoms. The fourth-order valence-electron chi connectivity index (χ4n) is 1.87. The van der Waals surface area contributed by atoms with Crippen LogP contribution in [0.5, 0.6) is 0 Å². The molecule has 0 unspecified atom stereocenters. The molecule has 0 aromatic carbocycles. The van der Waals surface area contributed by atoms with Crippen molar-refractivity contribution >= 4 is 5.91 Å². The van der Waals surface area contributed by atoms with Gasteiger partial charge in [0, 0.05) is 32.4 Å². The van der Waals surface area contributed by atoms with Gasteiger partial charge in [0.25, 0.3) is 5.91 Å². The summed E-state index contributed by atoms with van der Waals surface area (Å²) in [5.41, 5.74) is 0.717. The molecule has 0 saturated carbocycles. The Balaban J connectivity index is 1.79. The van der Waals surface area contributed by atoms with Crippen LogP contribution in [0.25, 0.3) is 0 Å². The van der Waals surface area contributed by atoms with E-state index < -0.39 is 0 Å². The molecule has 6 nitrogen and oxygen atoms in total. The van der Waals surface area contributed by atoms with Gasteiger partial charge in [-0.05, 0) is 12.1 Å². The van der Waals surface area contributed by atoms with Crippen LogP contribution in [0.15, 0.2) is 18.3 Å². The zero-order valence-electron chi connectivity index (χ0n) is 10.6. The molecule has 0 radical (unpaired) electrons. The number of hydrogen-bond donors (Lipinski definition) is 1. The Hall–Kier alpha value is -1.97. The van der Waals surface area contributed by atoms with Gasteiger partial charge in [-0.3, -0.25) is 14.7 Å². The Morgan fingerprint density at radius 3 is 3.05 bits per heavy atom. The molecule has 2 rings (SSSR count). The minimum Gasteiger partial charge on any atom is -0.379 e. The van der Waals surface area contributed by atoms with E-state index in [4.69, 9.17) is 10.00 Å². The summed E-state index contributed by atoms with van der Waals surface area (Å²) in [6.45, 7) is 4.67. The summed E-state index contributed by atoms with van der Waals surface area (Å²) < 4.78 is 5.25. The van der Waals surface area contributed by atoms with Crippen molar-refractivity contribution in [2.45, 2.75) is 0 Å². The Morgan fingerprint density at radius 2 is 2.32 bits per heavy atom. The number of carbonyl (C=O) groups is 1. The average Bonchev–Trinajstić information content (AvgIpc) is 2.48. The van der Waals surface area contributed by atoms with E-state index in [1.54, 1.807) is 6.07 Å². The molecule has 1 aliphatic heterocycles. The first-order valence-electron chi connectivity index (χ1n) is 6.24. The van der Waals surface area contributed by atoms with Crippen LogP contribution in [0.2, 0.25) is 0 Å². The second-order valence-electron chi connectivity index (χ2n) is 4.25. The lowest BCUT2D eigenvalue weighted by Crippen LogP contribution is -2.41. The van der Waals surface area contributed by atoms with Gasteiger partial charge in [-0.2, -0.15) is 5.26 Å². The van der Waals surface area contributed by atoms with E-state index in [0.29, 0.717) is 12.1 Å². The van der Waals surface area contributed by atoms with E-state index in [-0.39, 0.29) is 11.6 Å². The van der Waals surface area contributed by atoms with Crippen LogP contribution >= 0.6 is 0 Å². The molecule has 1 amide bonds. The molecule has 1 aromatic heterocycles. The Labute approximate surface area is 112 Å². The van der Waals surface area contributed by atoms with Gasteiger partial charge in [0.15, 0.2) is 0 Å². The van der Waals surface area contributed by atoms with Gasteiger partial charge in [0.2, 0.25) is 0 Å². The lowest BCUT2D eigenvalue weighted by molar-refractivity contribution is 0.0383. The molecule has 1 N–H and O–H groups in total. The fraction of sp³-hybridized carbons (Fsp3) is 0.462. The molecular weight excluding hydrogens is 244 g/mol. The van der Waals surface area contributed by atoms with E-state index in [0.717, 1.165) is 32.8 Å². The van der Waals surface area contributed by atoms with Crippen LogP contribution in [-0.4, -0.2) is 55.2 Å². The number of carbonyl (C=O) groups excluding carboxylic acids is 1. The lowest BCUT2D eigenvalue weighted by Gasteiger charge is -2.26. The molecule has 1 fully saturated rings. The number of morpholine rings is 1. The third-order valence-electron chi connectivity index (χ3n) is 2.94. The van der Waals surface area contributed by atoms with Crippen molar-refractivity contribution in [2.24, 2.45) is 0 Å². The van der Waals surface area contributed by atoms with Gasteiger partial charge in [0.05, 0.1) is 24.8 Å². The summed E-state index contributed by atoms with van der Waals surface area (Å²) >= 11 is 0. The SMILES string of the molecule is N#Cc1ccnc(C(=O)NCCN2CCOCC2)c1. The van der Waals surface area contributed by atoms with Gasteiger partial charge in [-0.15, -0.1) is 0 Å². The summed E-state index contributed by atoms with van der Waals surface area (Å²) in [6.07, 6.45) is 1.47. The summed E-state index contributed by atoms with van der Waals surface area (Å²) in [6, 6.07) is 5.05. The molecular formula is C13H16N4O2. The van der Waals surface area contributed by atoms with Gasteiger partial charge in [-0.25, -0.2) is 0 Å². The van der Waals surface area contributed by atoms with E-state index in [2.05, 4.69) is 15.2 Å². The number of ether oxygens (including phenoxy) is 1. The van der Waals surface area contributed by atoms with Crippen LogP contribution in [0.1, 0.15) is 16.1 Å². The highest BCUT2D eigenvalue weighted by molar-refractivity contribution is 5.92. The zero-order chi connectivity index (χ0) is 13.5. The third-order valence-corrected chi connectivity index (χ3v) is 2.94. The van der Waals surface area contributed by atoms with Crippen LogP contribution in [0.3, 0.4) is 0 Å². The van der Waals surface area contributed by atoms with Crippen LogP contribution in [-0.2, 0) is 4.74 Å². The van der Waals surface area contributed by atoms with Crippen LogP contribution in [0.4, 0.5) is 0 Å². The molecule has 0 spiro atoms. The number of nitriles is 1. The molecule has 0 atom stereocenters. The number of amides is 1. The van der Waals surface area contributed by atoms with Gasteiger partial charge >= 0.3 is 0 Å². The van der Waals surface area contributed by atoms with E-state index in [1.165, 1.54) is 12.3 Å². The number of nitrogens with zero attached hydrogens (tertiary/aromatic N) is 3. The summed E-state index contributed by atoms with van der Waals surface area (Å²) in [5.74, 6) is -0.245. The molecule has 100 valence electrons. The fourth-order valence-corrected chi connectivity index (χ4v) is 1.87. The minimum atomic E-state index is -0.245. The maximum absolute atomic E-state index is 11.8. The number of pyridine rings is 1. The standard InChI is InChI=1S/C13H16N4O2/c14-10-11-1-2-15-12(9-11)13(18)16-3-4-17-5-7-19-8-6-17/h1-2,9H,3-8H2,(H,16,18). The van der Waals surface area contributed by atoms with Crippen molar-refractivity contribution in [3.63, 3.8) is 0 Å². The average molecular weight is 260 g/mol. The van der Waals surface area contributed by atoms with E-state index >= 15 is 0 Å². The van der Waals surface area contributed by atoms with Crippen LogP contribution < -0.4 is 5.32 Å². The normalized spacial score (nSPS) is 15.7. The molecule has 0 bridgehead atoms. The van der Waals surface area contributed by atoms with Gasteiger partial charge in [0.1, 0.15) is 5.69 Å². The molecule has 1 saturated heterocycles.